The summed E-state index contributed by atoms with van der Waals surface area (Å²) in [5.74, 6) is 0.285. The third kappa shape index (κ3) is 1.59. The molecule has 0 aliphatic rings. The lowest BCUT2D eigenvalue weighted by molar-refractivity contribution is -0.256. The first-order valence-corrected chi connectivity index (χ1v) is 3.82. The van der Waals surface area contributed by atoms with Crippen molar-refractivity contribution in [3.63, 3.8) is 0 Å². The van der Waals surface area contributed by atoms with Crippen LogP contribution in [0.15, 0.2) is 36.4 Å². The maximum absolute atomic E-state index is 9.60. The average molecular weight is 196 g/mol. The van der Waals surface area contributed by atoms with Crippen molar-refractivity contribution in [2.75, 3.05) is 0 Å². The monoisotopic (exact) mass is 195 g/mol. The van der Waals surface area contributed by atoms with Crippen LogP contribution in [0.1, 0.15) is 0 Å². The van der Waals surface area contributed by atoms with Gasteiger partial charge < -0.3 is 23.2 Å². The van der Waals surface area contributed by atoms with E-state index in [0.717, 1.165) is 10.8 Å². The number of halogens is 1. The van der Waals surface area contributed by atoms with E-state index >= 15 is 0 Å². The van der Waals surface area contributed by atoms with Gasteiger partial charge >= 0.3 is 0 Å². The van der Waals surface area contributed by atoms with Crippen LogP contribution in [0.4, 0.5) is 5.69 Å². The Hall–Kier alpha value is -1.25. The molecule has 2 aromatic rings. The van der Waals surface area contributed by atoms with Gasteiger partial charge in [-0.1, -0.05) is 24.3 Å². The van der Waals surface area contributed by atoms with Crippen LogP contribution in [0.25, 0.3) is 10.8 Å². The van der Waals surface area contributed by atoms with Crippen molar-refractivity contribution in [3.05, 3.63) is 36.4 Å². The number of benzene rings is 2. The molecule has 0 spiro atoms. The maximum atomic E-state index is 9.60. The predicted molar refractivity (Wildman–Crippen MR) is 48.2 cm³/mol. The van der Waals surface area contributed by atoms with E-state index in [9.17, 15) is 5.11 Å². The lowest BCUT2D eigenvalue weighted by Gasteiger charge is -1.99. The maximum Gasteiger partial charge on any atom is 0.184 e. The zero-order chi connectivity index (χ0) is 8.55. The minimum absolute atomic E-state index is 0. The first-order valence-electron chi connectivity index (χ1n) is 3.82. The Morgan fingerprint density at radius 1 is 1.00 bits per heavy atom. The summed E-state index contributed by atoms with van der Waals surface area (Å²) in [7, 11) is 0. The highest BCUT2D eigenvalue weighted by Gasteiger charge is 2.03. The second-order valence-corrected chi connectivity index (χ2v) is 2.79. The Morgan fingerprint density at radius 2 is 1.69 bits per heavy atom. The van der Waals surface area contributed by atoms with Crippen LogP contribution >= 0.6 is 0 Å². The largest absolute Gasteiger partial charge is 1.00 e. The third-order valence-corrected chi connectivity index (χ3v) is 1.98. The van der Waals surface area contributed by atoms with Gasteiger partial charge in [0.1, 0.15) is 0 Å². The molecule has 13 heavy (non-hydrogen) atoms. The van der Waals surface area contributed by atoms with Crippen LogP contribution in [0.5, 0.6) is 5.75 Å². The molecule has 0 bridgehead atoms. The topological polar surface area (TPSA) is 47.9 Å². The molecule has 0 aliphatic heterocycles. The molecule has 0 aromatic heterocycles. The molecule has 3 heteroatoms. The molecule has 0 fully saturated rings. The van der Waals surface area contributed by atoms with Gasteiger partial charge in [0, 0.05) is 11.5 Å². The van der Waals surface area contributed by atoms with Crippen molar-refractivity contribution in [2.24, 2.45) is 0 Å². The first kappa shape index (κ1) is 9.84. The number of aromatic hydroxyl groups is 1. The quantitative estimate of drug-likeness (QED) is 0.524. The van der Waals surface area contributed by atoms with Gasteiger partial charge in [-0.3, -0.25) is 0 Å². The molecule has 0 saturated carbocycles. The van der Waals surface area contributed by atoms with Gasteiger partial charge in [0.25, 0.3) is 0 Å². The summed E-state index contributed by atoms with van der Waals surface area (Å²) in [4.78, 5) is 0. The molecule has 68 valence electrons. The number of quaternary nitrogens is 1. The van der Waals surface area contributed by atoms with Crippen molar-refractivity contribution >= 4 is 16.5 Å². The average Bonchev–Trinajstić information content (AvgIpc) is 2.12. The molecule has 0 heterocycles. The van der Waals surface area contributed by atoms with Crippen LogP contribution in [-0.2, 0) is 0 Å². The Morgan fingerprint density at radius 3 is 2.46 bits per heavy atom. The van der Waals surface area contributed by atoms with E-state index in [1.807, 2.05) is 36.4 Å². The SMILES string of the molecule is [Cl-].[NH3+]c1ccc2ccccc2c1O. The minimum Gasteiger partial charge on any atom is -1.00 e. The molecule has 0 atom stereocenters. The van der Waals surface area contributed by atoms with Gasteiger partial charge in [0.2, 0.25) is 0 Å². The Labute approximate surface area is 82.4 Å². The van der Waals surface area contributed by atoms with Crippen molar-refractivity contribution in [1.82, 2.24) is 0 Å². The third-order valence-electron chi connectivity index (χ3n) is 1.98. The molecule has 0 aliphatic carbocycles. The van der Waals surface area contributed by atoms with Crippen LogP contribution in [-0.4, -0.2) is 5.11 Å². The lowest BCUT2D eigenvalue weighted by Crippen LogP contribution is -3.00. The zero-order valence-electron chi connectivity index (χ0n) is 7.00. The summed E-state index contributed by atoms with van der Waals surface area (Å²) < 4.78 is 0. The number of phenolic OH excluding ortho intramolecular Hbond substituents is 1. The van der Waals surface area contributed by atoms with Gasteiger partial charge in [0.15, 0.2) is 11.4 Å². The number of rotatable bonds is 0. The van der Waals surface area contributed by atoms with E-state index in [4.69, 9.17) is 0 Å². The van der Waals surface area contributed by atoms with Crippen molar-refractivity contribution in [3.8, 4) is 5.75 Å². The van der Waals surface area contributed by atoms with Crippen LogP contribution in [0.2, 0.25) is 0 Å². The molecule has 0 saturated heterocycles. The predicted octanol–water partition coefficient (Wildman–Crippen LogP) is -1.58. The summed E-state index contributed by atoms with van der Waals surface area (Å²) in [6, 6.07) is 11.5. The summed E-state index contributed by atoms with van der Waals surface area (Å²) in [5, 5.41) is 11.5. The van der Waals surface area contributed by atoms with Crippen LogP contribution in [0.3, 0.4) is 0 Å². The van der Waals surface area contributed by atoms with Crippen LogP contribution < -0.4 is 18.1 Å². The number of fused-ring (bicyclic) bond motifs is 1. The molecular weight excluding hydrogens is 186 g/mol. The van der Waals surface area contributed by atoms with Gasteiger partial charge in [0.05, 0.1) is 0 Å². The van der Waals surface area contributed by atoms with E-state index in [2.05, 4.69) is 5.73 Å². The van der Waals surface area contributed by atoms with Crippen molar-refractivity contribution in [2.45, 2.75) is 0 Å². The smallest absolute Gasteiger partial charge is 0.184 e. The van der Waals surface area contributed by atoms with E-state index in [0.29, 0.717) is 5.69 Å². The molecule has 4 N–H and O–H groups in total. The van der Waals surface area contributed by atoms with E-state index in [1.54, 1.807) is 0 Å². The van der Waals surface area contributed by atoms with Gasteiger partial charge in [-0.05, 0) is 11.5 Å². The fourth-order valence-electron chi connectivity index (χ4n) is 1.30. The van der Waals surface area contributed by atoms with Gasteiger partial charge in [-0.15, -0.1) is 0 Å². The highest BCUT2D eigenvalue weighted by molar-refractivity contribution is 5.91. The molecular formula is C10H10ClNO. The van der Waals surface area contributed by atoms with E-state index in [1.165, 1.54) is 0 Å². The number of phenols is 1. The molecule has 2 aromatic carbocycles. The van der Waals surface area contributed by atoms with E-state index < -0.39 is 0 Å². The summed E-state index contributed by atoms with van der Waals surface area (Å²) in [6.07, 6.45) is 0. The molecule has 0 radical (unpaired) electrons. The number of hydrogen-bond acceptors (Lipinski definition) is 1. The Bertz CT molecular complexity index is 428. The molecule has 0 unspecified atom stereocenters. The summed E-state index contributed by atoms with van der Waals surface area (Å²) in [6.45, 7) is 0. The van der Waals surface area contributed by atoms with Crippen LogP contribution in [0, 0.1) is 0 Å². The fraction of sp³-hybridized carbons (Fsp3) is 0. The van der Waals surface area contributed by atoms with Gasteiger partial charge in [-0.2, -0.15) is 0 Å². The second-order valence-electron chi connectivity index (χ2n) is 2.79. The Balaban J connectivity index is 0.000000845. The second kappa shape index (κ2) is 3.64. The van der Waals surface area contributed by atoms with Crippen molar-refractivity contribution in [1.29, 1.82) is 0 Å². The zero-order valence-corrected chi connectivity index (χ0v) is 7.75. The minimum atomic E-state index is 0. The van der Waals surface area contributed by atoms with E-state index in [-0.39, 0.29) is 18.2 Å². The lowest BCUT2D eigenvalue weighted by atomic mass is 10.1. The first-order chi connectivity index (χ1) is 5.79. The normalized spacial score (nSPS) is 9.62. The molecule has 0 amide bonds. The van der Waals surface area contributed by atoms with Gasteiger partial charge in [-0.25, -0.2) is 0 Å². The number of hydrogen-bond donors (Lipinski definition) is 2. The highest BCUT2D eigenvalue weighted by atomic mass is 35.5. The molecule has 2 nitrogen and oxygen atoms in total. The highest BCUT2D eigenvalue weighted by Crippen LogP contribution is 2.28. The summed E-state index contributed by atoms with van der Waals surface area (Å²) >= 11 is 0. The van der Waals surface area contributed by atoms with Crippen molar-refractivity contribution < 1.29 is 23.2 Å². The standard InChI is InChI=1S/C10H9NO.ClH/c11-9-6-5-7-3-1-2-4-8(7)10(9)12;/h1-6,12H,11H2;1H. The molecule has 2 rings (SSSR count). The fourth-order valence-corrected chi connectivity index (χ4v) is 1.30. The Kier molecular flexibility index (Phi) is 2.76. The summed E-state index contributed by atoms with van der Waals surface area (Å²) in [5.41, 5.74) is 4.39.